The molecule has 0 aliphatic heterocycles. The number of hydrogen-bond acceptors (Lipinski definition) is 4. The third kappa shape index (κ3) is 5.77. The Morgan fingerprint density at radius 2 is 1.88 bits per heavy atom. The highest BCUT2D eigenvalue weighted by Crippen LogP contribution is 2.19. The van der Waals surface area contributed by atoms with Gasteiger partial charge in [0.1, 0.15) is 5.75 Å². The highest BCUT2D eigenvalue weighted by atomic mass is 35.5. The molecule has 0 saturated heterocycles. The largest absolute Gasteiger partial charge is 0.497 e. The van der Waals surface area contributed by atoms with Crippen LogP contribution < -0.4 is 15.5 Å². The molecular formula is C17H15Cl2N3O3. The molecule has 6 nitrogen and oxygen atoms in total. The minimum absolute atomic E-state index is 0.212. The standard InChI is InChI=1S/C17H15Cl2N3O3/c1-25-14-6-3-11(4-7-14)17(24)20-10-16(23)22-21-9-12-2-5-13(18)8-15(12)19/h2-9H,10H2,1H3,(H,20,24)(H,22,23). The molecule has 0 saturated carbocycles. The van der Waals surface area contributed by atoms with Gasteiger partial charge in [0.05, 0.1) is 24.9 Å². The average Bonchev–Trinajstić information content (AvgIpc) is 2.61. The first-order valence-corrected chi connectivity index (χ1v) is 7.94. The van der Waals surface area contributed by atoms with Crippen molar-refractivity contribution in [2.24, 2.45) is 5.10 Å². The lowest BCUT2D eigenvalue weighted by Crippen LogP contribution is -2.34. The minimum Gasteiger partial charge on any atom is -0.497 e. The van der Waals surface area contributed by atoms with Gasteiger partial charge in [0.25, 0.3) is 11.8 Å². The van der Waals surface area contributed by atoms with Crippen molar-refractivity contribution in [3.63, 3.8) is 0 Å². The fourth-order valence-electron chi connectivity index (χ4n) is 1.82. The van der Waals surface area contributed by atoms with Crippen LogP contribution in [0.4, 0.5) is 0 Å². The maximum absolute atomic E-state index is 11.9. The molecule has 2 N–H and O–H groups in total. The van der Waals surface area contributed by atoms with Crippen LogP contribution in [-0.2, 0) is 4.79 Å². The lowest BCUT2D eigenvalue weighted by molar-refractivity contribution is -0.120. The molecule has 2 aromatic rings. The normalized spacial score (nSPS) is 10.5. The van der Waals surface area contributed by atoms with Crippen molar-refractivity contribution >= 4 is 41.2 Å². The molecule has 2 rings (SSSR count). The Kier molecular flexibility index (Phi) is 6.80. The number of carbonyl (C=O) groups is 2. The zero-order valence-electron chi connectivity index (χ0n) is 13.3. The van der Waals surface area contributed by atoms with Gasteiger partial charge >= 0.3 is 0 Å². The predicted molar refractivity (Wildman–Crippen MR) is 97.5 cm³/mol. The van der Waals surface area contributed by atoms with Crippen LogP contribution in [0.5, 0.6) is 5.75 Å². The maximum Gasteiger partial charge on any atom is 0.259 e. The number of nitrogens with zero attached hydrogens (tertiary/aromatic N) is 1. The van der Waals surface area contributed by atoms with E-state index in [1.54, 1.807) is 42.5 Å². The Labute approximate surface area is 154 Å². The van der Waals surface area contributed by atoms with Gasteiger partial charge in [-0.3, -0.25) is 9.59 Å². The molecule has 0 aliphatic rings. The monoisotopic (exact) mass is 379 g/mol. The number of amides is 2. The van der Waals surface area contributed by atoms with E-state index in [1.165, 1.54) is 13.3 Å². The minimum atomic E-state index is -0.469. The Morgan fingerprint density at radius 1 is 1.16 bits per heavy atom. The lowest BCUT2D eigenvalue weighted by atomic mass is 10.2. The molecule has 0 atom stereocenters. The SMILES string of the molecule is COc1ccc(C(=O)NCC(=O)NN=Cc2ccc(Cl)cc2Cl)cc1. The number of nitrogens with one attached hydrogen (secondary N) is 2. The molecule has 25 heavy (non-hydrogen) atoms. The summed E-state index contributed by atoms with van der Waals surface area (Å²) in [4.78, 5) is 23.6. The van der Waals surface area contributed by atoms with E-state index in [0.717, 1.165) is 0 Å². The molecular weight excluding hydrogens is 365 g/mol. The summed E-state index contributed by atoms with van der Waals surface area (Å²) in [6, 6.07) is 11.4. The summed E-state index contributed by atoms with van der Waals surface area (Å²) in [5.74, 6) is -0.199. The third-order valence-corrected chi connectivity index (χ3v) is 3.68. The summed E-state index contributed by atoms with van der Waals surface area (Å²) in [6.07, 6.45) is 1.39. The summed E-state index contributed by atoms with van der Waals surface area (Å²) in [5, 5.41) is 7.20. The van der Waals surface area contributed by atoms with Crippen LogP contribution in [0.3, 0.4) is 0 Å². The number of ether oxygens (including phenoxy) is 1. The molecule has 0 spiro atoms. The first kappa shape index (κ1) is 18.8. The fraction of sp³-hybridized carbons (Fsp3) is 0.118. The average molecular weight is 380 g/mol. The van der Waals surface area contributed by atoms with Crippen LogP contribution in [0.15, 0.2) is 47.6 Å². The van der Waals surface area contributed by atoms with Gasteiger partial charge in [-0.15, -0.1) is 0 Å². The molecule has 0 heterocycles. The summed E-state index contributed by atoms with van der Waals surface area (Å²) in [7, 11) is 1.54. The van der Waals surface area contributed by atoms with Crippen molar-refractivity contribution in [2.75, 3.05) is 13.7 Å². The van der Waals surface area contributed by atoms with Crippen LogP contribution in [0.25, 0.3) is 0 Å². The van der Waals surface area contributed by atoms with Gasteiger partial charge in [0, 0.05) is 16.1 Å². The second kappa shape index (κ2) is 9.05. The second-order valence-corrected chi connectivity index (χ2v) is 5.71. The van der Waals surface area contributed by atoms with Crippen molar-refractivity contribution < 1.29 is 14.3 Å². The zero-order chi connectivity index (χ0) is 18.2. The molecule has 2 amide bonds. The first-order chi connectivity index (χ1) is 12.0. The van der Waals surface area contributed by atoms with Gasteiger partial charge in [-0.25, -0.2) is 5.43 Å². The smallest absolute Gasteiger partial charge is 0.259 e. The van der Waals surface area contributed by atoms with Gasteiger partial charge in [-0.1, -0.05) is 29.3 Å². The van der Waals surface area contributed by atoms with Crippen LogP contribution in [0, 0.1) is 0 Å². The molecule has 8 heteroatoms. The molecule has 0 radical (unpaired) electrons. The Hall–Kier alpha value is -2.57. The van der Waals surface area contributed by atoms with Crippen molar-refractivity contribution in [1.82, 2.24) is 10.7 Å². The van der Waals surface area contributed by atoms with E-state index in [0.29, 0.717) is 26.9 Å². The number of benzene rings is 2. The Morgan fingerprint density at radius 3 is 2.52 bits per heavy atom. The van der Waals surface area contributed by atoms with Crippen molar-refractivity contribution in [2.45, 2.75) is 0 Å². The molecule has 0 bridgehead atoms. The molecule has 130 valence electrons. The predicted octanol–water partition coefficient (Wildman–Crippen LogP) is 2.88. The van der Waals surface area contributed by atoms with Crippen LogP contribution in [0.1, 0.15) is 15.9 Å². The number of hydrazone groups is 1. The van der Waals surface area contributed by atoms with E-state index >= 15 is 0 Å². The number of rotatable bonds is 6. The Balaban J connectivity index is 1.81. The Bertz CT molecular complexity index is 792. The van der Waals surface area contributed by atoms with Gasteiger partial charge in [-0.2, -0.15) is 5.10 Å². The van der Waals surface area contributed by atoms with Crippen LogP contribution >= 0.6 is 23.2 Å². The van der Waals surface area contributed by atoms with Crippen molar-refractivity contribution in [1.29, 1.82) is 0 Å². The van der Waals surface area contributed by atoms with E-state index in [4.69, 9.17) is 27.9 Å². The van der Waals surface area contributed by atoms with E-state index in [2.05, 4.69) is 15.8 Å². The van der Waals surface area contributed by atoms with Crippen molar-refractivity contribution in [3.8, 4) is 5.75 Å². The molecule has 2 aromatic carbocycles. The first-order valence-electron chi connectivity index (χ1n) is 7.19. The van der Waals surface area contributed by atoms with Gasteiger partial charge in [-0.05, 0) is 36.4 Å². The van der Waals surface area contributed by atoms with Gasteiger partial charge < -0.3 is 10.1 Å². The molecule has 0 fully saturated rings. The number of hydrogen-bond donors (Lipinski definition) is 2. The van der Waals surface area contributed by atoms with E-state index < -0.39 is 5.91 Å². The summed E-state index contributed by atoms with van der Waals surface area (Å²) >= 11 is 11.8. The lowest BCUT2D eigenvalue weighted by Gasteiger charge is -2.05. The maximum atomic E-state index is 11.9. The molecule has 0 aliphatic carbocycles. The van der Waals surface area contributed by atoms with E-state index in [1.807, 2.05) is 0 Å². The number of carbonyl (C=O) groups excluding carboxylic acids is 2. The summed E-state index contributed by atoms with van der Waals surface area (Å²) < 4.78 is 5.01. The van der Waals surface area contributed by atoms with Crippen LogP contribution in [-0.4, -0.2) is 31.7 Å². The summed E-state index contributed by atoms with van der Waals surface area (Å²) in [5.41, 5.74) is 3.33. The number of methoxy groups -OCH3 is 1. The van der Waals surface area contributed by atoms with Crippen molar-refractivity contribution in [3.05, 3.63) is 63.6 Å². The third-order valence-electron chi connectivity index (χ3n) is 3.12. The van der Waals surface area contributed by atoms with E-state index in [-0.39, 0.29) is 12.5 Å². The van der Waals surface area contributed by atoms with Gasteiger partial charge in [0.2, 0.25) is 0 Å². The van der Waals surface area contributed by atoms with Crippen LogP contribution in [0.2, 0.25) is 10.0 Å². The second-order valence-electron chi connectivity index (χ2n) is 4.87. The summed E-state index contributed by atoms with van der Waals surface area (Å²) in [6.45, 7) is -0.212. The highest BCUT2D eigenvalue weighted by Gasteiger charge is 2.07. The van der Waals surface area contributed by atoms with E-state index in [9.17, 15) is 9.59 Å². The zero-order valence-corrected chi connectivity index (χ0v) is 14.8. The fourth-order valence-corrected chi connectivity index (χ4v) is 2.28. The number of halogens is 2. The quantitative estimate of drug-likeness (QED) is 0.598. The topological polar surface area (TPSA) is 79.8 Å². The highest BCUT2D eigenvalue weighted by molar-refractivity contribution is 6.36. The van der Waals surface area contributed by atoms with Gasteiger partial charge in [0.15, 0.2) is 0 Å². The molecule has 0 aromatic heterocycles. The molecule has 0 unspecified atom stereocenters.